The molecule has 0 spiro atoms. The lowest BCUT2D eigenvalue weighted by Crippen LogP contribution is -2.37. The first-order valence-corrected chi connectivity index (χ1v) is 4.04. The Morgan fingerprint density at radius 1 is 1.75 bits per heavy atom. The smallest absolute Gasteiger partial charge is 0.274 e. The molecule has 0 aliphatic rings. The second-order valence-electron chi connectivity index (χ2n) is 1.86. The Kier molecular flexibility index (Phi) is 3.24. The molecule has 0 saturated carbocycles. The number of nitrogens with zero attached hydrogens (tertiary/aromatic N) is 1. The SMILES string of the molecule is NNC(=O)N/N=C/c1cccs1. The summed E-state index contributed by atoms with van der Waals surface area (Å²) < 4.78 is 0. The minimum Gasteiger partial charge on any atom is -0.274 e. The number of hydrogen-bond donors (Lipinski definition) is 3. The zero-order valence-electron chi connectivity index (χ0n) is 6.15. The number of thiophene rings is 1. The molecule has 64 valence electrons. The van der Waals surface area contributed by atoms with Crippen LogP contribution in [0.5, 0.6) is 0 Å². The summed E-state index contributed by atoms with van der Waals surface area (Å²) in [5.74, 6) is 4.80. The maximum Gasteiger partial charge on any atom is 0.349 e. The first kappa shape index (κ1) is 8.69. The highest BCUT2D eigenvalue weighted by Gasteiger charge is 1.90. The van der Waals surface area contributed by atoms with Gasteiger partial charge in [-0.1, -0.05) is 6.07 Å². The van der Waals surface area contributed by atoms with Crippen LogP contribution >= 0.6 is 11.3 Å². The van der Waals surface area contributed by atoms with E-state index in [1.807, 2.05) is 22.9 Å². The van der Waals surface area contributed by atoms with Crippen molar-refractivity contribution in [3.63, 3.8) is 0 Å². The fourth-order valence-corrected chi connectivity index (χ4v) is 1.14. The Morgan fingerprint density at radius 2 is 2.58 bits per heavy atom. The van der Waals surface area contributed by atoms with Crippen molar-refractivity contribution >= 4 is 23.6 Å². The zero-order valence-corrected chi connectivity index (χ0v) is 6.97. The highest BCUT2D eigenvalue weighted by Crippen LogP contribution is 2.03. The molecule has 1 aromatic rings. The van der Waals surface area contributed by atoms with Gasteiger partial charge in [-0.05, 0) is 11.4 Å². The largest absolute Gasteiger partial charge is 0.349 e. The minimum atomic E-state index is -0.539. The lowest BCUT2D eigenvalue weighted by atomic mass is 10.5. The second-order valence-corrected chi connectivity index (χ2v) is 2.84. The molecule has 0 aliphatic heterocycles. The molecule has 1 heterocycles. The van der Waals surface area contributed by atoms with Crippen LogP contribution < -0.4 is 16.7 Å². The summed E-state index contributed by atoms with van der Waals surface area (Å²) in [5, 5.41) is 5.55. The van der Waals surface area contributed by atoms with Crippen LogP contribution in [0.3, 0.4) is 0 Å². The van der Waals surface area contributed by atoms with Crippen LogP contribution in [0, 0.1) is 0 Å². The summed E-state index contributed by atoms with van der Waals surface area (Å²) in [6.07, 6.45) is 1.54. The Morgan fingerprint density at radius 3 is 3.17 bits per heavy atom. The summed E-state index contributed by atoms with van der Waals surface area (Å²) in [6, 6.07) is 3.24. The molecule has 5 nitrogen and oxygen atoms in total. The molecule has 0 aromatic carbocycles. The van der Waals surface area contributed by atoms with Gasteiger partial charge in [0.15, 0.2) is 0 Å². The minimum absolute atomic E-state index is 0.539. The van der Waals surface area contributed by atoms with Crippen LogP contribution in [-0.2, 0) is 0 Å². The Balaban J connectivity index is 2.37. The van der Waals surface area contributed by atoms with Crippen molar-refractivity contribution in [3.8, 4) is 0 Å². The fourth-order valence-electron chi connectivity index (χ4n) is 0.552. The van der Waals surface area contributed by atoms with Crippen molar-refractivity contribution in [2.75, 3.05) is 0 Å². The van der Waals surface area contributed by atoms with E-state index in [1.54, 1.807) is 6.21 Å². The van der Waals surface area contributed by atoms with Gasteiger partial charge < -0.3 is 0 Å². The van der Waals surface area contributed by atoms with Crippen molar-refractivity contribution in [1.82, 2.24) is 10.9 Å². The fraction of sp³-hybridized carbons (Fsp3) is 0. The molecule has 4 N–H and O–H groups in total. The van der Waals surface area contributed by atoms with E-state index in [4.69, 9.17) is 5.84 Å². The van der Waals surface area contributed by atoms with Gasteiger partial charge >= 0.3 is 6.03 Å². The average Bonchev–Trinajstić information content (AvgIpc) is 2.57. The van der Waals surface area contributed by atoms with Crippen LogP contribution in [0.2, 0.25) is 0 Å². The van der Waals surface area contributed by atoms with Crippen LogP contribution in [-0.4, -0.2) is 12.2 Å². The molecule has 0 radical (unpaired) electrons. The van der Waals surface area contributed by atoms with Gasteiger partial charge in [0, 0.05) is 4.88 Å². The number of carbonyl (C=O) groups excluding carboxylic acids is 1. The van der Waals surface area contributed by atoms with Crippen molar-refractivity contribution < 1.29 is 4.79 Å². The van der Waals surface area contributed by atoms with E-state index in [0.29, 0.717) is 0 Å². The lowest BCUT2D eigenvalue weighted by molar-refractivity contribution is 0.241. The van der Waals surface area contributed by atoms with Gasteiger partial charge in [0.1, 0.15) is 0 Å². The third kappa shape index (κ3) is 2.69. The molecule has 2 amide bonds. The van der Waals surface area contributed by atoms with Gasteiger partial charge in [-0.25, -0.2) is 16.1 Å². The van der Waals surface area contributed by atoms with Crippen LogP contribution in [0.15, 0.2) is 22.6 Å². The Bertz CT molecular complexity index is 269. The standard InChI is InChI=1S/C6H8N4OS/c7-9-6(11)10-8-4-5-2-1-3-12-5/h1-4H,7H2,(H2,9,10,11)/b8-4+. The van der Waals surface area contributed by atoms with Crippen molar-refractivity contribution in [3.05, 3.63) is 22.4 Å². The van der Waals surface area contributed by atoms with Crippen molar-refractivity contribution in [2.45, 2.75) is 0 Å². The van der Waals surface area contributed by atoms with Crippen LogP contribution in [0.1, 0.15) is 4.88 Å². The molecule has 0 bridgehead atoms. The first-order chi connectivity index (χ1) is 5.83. The van der Waals surface area contributed by atoms with Crippen molar-refractivity contribution in [2.24, 2.45) is 10.9 Å². The molecule has 1 aromatic heterocycles. The molecule has 0 fully saturated rings. The lowest BCUT2D eigenvalue weighted by Gasteiger charge is -1.94. The molecule has 1 rings (SSSR count). The number of hydrogen-bond acceptors (Lipinski definition) is 4. The third-order valence-electron chi connectivity index (χ3n) is 1.03. The summed E-state index contributed by atoms with van der Waals surface area (Å²) in [5.41, 5.74) is 4.06. The van der Waals surface area contributed by atoms with Gasteiger partial charge in [0.25, 0.3) is 0 Å². The number of carbonyl (C=O) groups is 1. The molecule has 0 atom stereocenters. The first-order valence-electron chi connectivity index (χ1n) is 3.16. The summed E-state index contributed by atoms with van der Waals surface area (Å²) in [7, 11) is 0. The maximum atomic E-state index is 10.5. The molecule has 12 heavy (non-hydrogen) atoms. The normalized spacial score (nSPS) is 10.1. The van der Waals surface area contributed by atoms with Crippen LogP contribution in [0.4, 0.5) is 4.79 Å². The van der Waals surface area contributed by atoms with Crippen molar-refractivity contribution in [1.29, 1.82) is 0 Å². The molecular weight excluding hydrogens is 176 g/mol. The number of rotatable bonds is 2. The Hall–Kier alpha value is -1.40. The van der Waals surface area contributed by atoms with E-state index in [9.17, 15) is 4.79 Å². The second kappa shape index (κ2) is 4.47. The van der Waals surface area contributed by atoms with Gasteiger partial charge in [-0.15, -0.1) is 11.3 Å². The summed E-state index contributed by atoms with van der Waals surface area (Å²) in [4.78, 5) is 11.4. The third-order valence-corrected chi connectivity index (χ3v) is 1.84. The maximum absolute atomic E-state index is 10.5. The number of nitrogens with two attached hydrogens (primary N) is 1. The van der Waals surface area contributed by atoms with Gasteiger partial charge in [0.2, 0.25) is 0 Å². The quantitative estimate of drug-likeness (QED) is 0.267. The average molecular weight is 184 g/mol. The van der Waals surface area contributed by atoms with E-state index in [2.05, 4.69) is 10.5 Å². The van der Waals surface area contributed by atoms with Crippen LogP contribution in [0.25, 0.3) is 0 Å². The van der Waals surface area contributed by atoms with E-state index in [1.165, 1.54) is 11.3 Å². The zero-order chi connectivity index (χ0) is 8.81. The van der Waals surface area contributed by atoms with E-state index in [0.717, 1.165) is 4.88 Å². The molecule has 0 unspecified atom stereocenters. The summed E-state index contributed by atoms with van der Waals surface area (Å²) >= 11 is 1.53. The predicted octanol–water partition coefficient (Wildman–Crippen LogP) is 0.255. The number of hydrazine groups is 1. The number of urea groups is 1. The molecule has 0 saturated heterocycles. The highest BCUT2D eigenvalue weighted by molar-refractivity contribution is 7.11. The van der Waals surface area contributed by atoms with Gasteiger partial charge in [-0.2, -0.15) is 5.10 Å². The number of nitrogens with one attached hydrogen (secondary N) is 2. The van der Waals surface area contributed by atoms with E-state index >= 15 is 0 Å². The molecule has 6 heteroatoms. The molecular formula is C6H8N4OS. The molecule has 0 aliphatic carbocycles. The highest BCUT2D eigenvalue weighted by atomic mass is 32.1. The van der Waals surface area contributed by atoms with Gasteiger partial charge in [-0.3, -0.25) is 5.43 Å². The van der Waals surface area contributed by atoms with E-state index < -0.39 is 6.03 Å². The number of hydrazone groups is 1. The predicted molar refractivity (Wildman–Crippen MR) is 47.8 cm³/mol. The Labute approximate surface area is 73.2 Å². The summed E-state index contributed by atoms with van der Waals surface area (Å²) in [6.45, 7) is 0. The number of amides is 2. The monoisotopic (exact) mass is 184 g/mol. The topological polar surface area (TPSA) is 79.5 Å². The van der Waals surface area contributed by atoms with E-state index in [-0.39, 0.29) is 0 Å². The van der Waals surface area contributed by atoms with Gasteiger partial charge in [0.05, 0.1) is 6.21 Å².